The molecule has 0 aromatic heterocycles. The maximum Gasteiger partial charge on any atom is 0.133 e. The lowest BCUT2D eigenvalue weighted by atomic mass is 9.88. The van der Waals surface area contributed by atoms with E-state index >= 15 is 0 Å². The molecule has 1 rings (SSSR count). The van der Waals surface area contributed by atoms with E-state index in [-0.39, 0.29) is 5.56 Å². The Morgan fingerprint density at radius 1 is 1.53 bits per heavy atom. The third kappa shape index (κ3) is 2.02. The number of hydrogen-bond acceptors (Lipinski definition) is 2. The Kier molecular flexibility index (Phi) is 3.15. The topological polar surface area (TPSA) is 29.5 Å². The van der Waals surface area contributed by atoms with Gasteiger partial charge in [0, 0.05) is 0 Å². The summed E-state index contributed by atoms with van der Waals surface area (Å²) < 4.78 is 18.6. The van der Waals surface area contributed by atoms with E-state index in [9.17, 15) is 9.50 Å². The van der Waals surface area contributed by atoms with Gasteiger partial charge in [-0.05, 0) is 31.6 Å². The fourth-order valence-electron chi connectivity index (χ4n) is 1.36. The van der Waals surface area contributed by atoms with Crippen LogP contribution in [-0.2, 0) is 5.60 Å². The van der Waals surface area contributed by atoms with Gasteiger partial charge in [0.25, 0.3) is 0 Å². The first kappa shape index (κ1) is 11.7. The van der Waals surface area contributed by atoms with Crippen LogP contribution in [0.3, 0.4) is 0 Å². The van der Waals surface area contributed by atoms with Crippen molar-refractivity contribution in [2.75, 3.05) is 7.11 Å². The summed E-state index contributed by atoms with van der Waals surface area (Å²) in [7, 11) is 1.44. The van der Waals surface area contributed by atoms with Crippen LogP contribution in [0.25, 0.3) is 0 Å². The lowest BCUT2D eigenvalue weighted by molar-refractivity contribution is 0.0905. The van der Waals surface area contributed by atoms with Crippen molar-refractivity contribution in [3.63, 3.8) is 0 Å². The third-order valence-corrected chi connectivity index (χ3v) is 2.51. The molecule has 3 heteroatoms. The van der Waals surface area contributed by atoms with E-state index in [1.165, 1.54) is 26.2 Å². The molecular formula is C12H15FO2. The van der Waals surface area contributed by atoms with Crippen molar-refractivity contribution in [3.05, 3.63) is 41.7 Å². The van der Waals surface area contributed by atoms with Gasteiger partial charge >= 0.3 is 0 Å². The van der Waals surface area contributed by atoms with Gasteiger partial charge in [-0.1, -0.05) is 12.6 Å². The maximum atomic E-state index is 13.6. The molecule has 1 aromatic carbocycles. The Morgan fingerprint density at radius 2 is 2.13 bits per heavy atom. The minimum absolute atomic E-state index is 0.125. The van der Waals surface area contributed by atoms with Gasteiger partial charge in [-0.2, -0.15) is 0 Å². The SMILES string of the molecule is C=C(C)C(C)(O)c1c(F)cccc1OC. The van der Waals surface area contributed by atoms with Crippen LogP contribution in [0, 0.1) is 5.82 Å². The van der Waals surface area contributed by atoms with Crippen molar-refractivity contribution in [1.29, 1.82) is 0 Å². The van der Waals surface area contributed by atoms with Gasteiger partial charge in [-0.25, -0.2) is 4.39 Å². The second-order valence-electron chi connectivity index (χ2n) is 3.67. The Bertz CT molecular complexity index is 383. The van der Waals surface area contributed by atoms with Crippen LogP contribution in [0.4, 0.5) is 4.39 Å². The molecule has 0 aliphatic rings. The molecule has 0 heterocycles. The molecule has 0 aliphatic carbocycles. The van der Waals surface area contributed by atoms with Crippen molar-refractivity contribution in [1.82, 2.24) is 0 Å². The molecule has 0 radical (unpaired) electrons. The van der Waals surface area contributed by atoms with E-state index < -0.39 is 11.4 Å². The molecule has 0 amide bonds. The molecule has 0 saturated heterocycles. The fraction of sp³-hybridized carbons (Fsp3) is 0.333. The molecule has 82 valence electrons. The summed E-state index contributed by atoms with van der Waals surface area (Å²) in [5.74, 6) is -0.176. The van der Waals surface area contributed by atoms with Gasteiger partial charge in [-0.15, -0.1) is 0 Å². The lowest BCUT2D eigenvalue weighted by Crippen LogP contribution is -2.24. The number of ether oxygens (including phenoxy) is 1. The van der Waals surface area contributed by atoms with Crippen LogP contribution in [0.1, 0.15) is 19.4 Å². The number of halogens is 1. The normalized spacial score (nSPS) is 14.5. The van der Waals surface area contributed by atoms with Crippen LogP contribution >= 0.6 is 0 Å². The fourth-order valence-corrected chi connectivity index (χ4v) is 1.36. The first-order valence-corrected chi connectivity index (χ1v) is 4.62. The molecule has 0 saturated carbocycles. The highest BCUT2D eigenvalue weighted by Gasteiger charge is 2.30. The van der Waals surface area contributed by atoms with Crippen molar-refractivity contribution in [3.8, 4) is 5.75 Å². The van der Waals surface area contributed by atoms with Gasteiger partial charge in [0.1, 0.15) is 17.2 Å². The van der Waals surface area contributed by atoms with E-state index in [1.807, 2.05) is 0 Å². The quantitative estimate of drug-likeness (QED) is 0.777. The molecule has 0 fully saturated rings. The summed E-state index contributed by atoms with van der Waals surface area (Å²) in [6.07, 6.45) is 0. The molecule has 0 spiro atoms. The van der Waals surface area contributed by atoms with Crippen molar-refractivity contribution >= 4 is 0 Å². The largest absolute Gasteiger partial charge is 0.496 e. The Morgan fingerprint density at radius 3 is 2.60 bits per heavy atom. The zero-order valence-corrected chi connectivity index (χ0v) is 9.17. The van der Waals surface area contributed by atoms with Crippen LogP contribution in [0.2, 0.25) is 0 Å². The highest BCUT2D eigenvalue weighted by molar-refractivity contribution is 5.42. The van der Waals surface area contributed by atoms with Crippen molar-refractivity contribution < 1.29 is 14.2 Å². The van der Waals surface area contributed by atoms with Gasteiger partial charge in [0.15, 0.2) is 0 Å². The minimum Gasteiger partial charge on any atom is -0.496 e. The van der Waals surface area contributed by atoms with Gasteiger partial charge in [0.2, 0.25) is 0 Å². The summed E-state index contributed by atoms with van der Waals surface area (Å²) in [4.78, 5) is 0. The van der Waals surface area contributed by atoms with Gasteiger partial charge in [-0.3, -0.25) is 0 Å². The summed E-state index contributed by atoms with van der Waals surface area (Å²) in [6, 6.07) is 4.43. The molecule has 1 aromatic rings. The predicted molar refractivity (Wildman–Crippen MR) is 57.3 cm³/mol. The summed E-state index contributed by atoms with van der Waals surface area (Å²) in [5, 5.41) is 10.1. The number of rotatable bonds is 3. The highest BCUT2D eigenvalue weighted by Crippen LogP contribution is 2.36. The molecule has 1 unspecified atom stereocenters. The molecule has 2 nitrogen and oxygen atoms in total. The molecule has 0 bridgehead atoms. The van der Waals surface area contributed by atoms with E-state index in [0.717, 1.165) is 0 Å². The molecule has 15 heavy (non-hydrogen) atoms. The van der Waals surface area contributed by atoms with Gasteiger partial charge in [0.05, 0.1) is 12.7 Å². The first-order valence-electron chi connectivity index (χ1n) is 4.62. The van der Waals surface area contributed by atoms with Crippen LogP contribution < -0.4 is 4.74 Å². The zero-order chi connectivity index (χ0) is 11.6. The number of aliphatic hydroxyl groups is 1. The van der Waals surface area contributed by atoms with Crippen LogP contribution in [0.5, 0.6) is 5.75 Å². The standard InChI is InChI=1S/C12H15FO2/c1-8(2)12(3,14)11-9(13)6-5-7-10(11)15-4/h5-7,14H,1H2,2-4H3. The first-order chi connectivity index (χ1) is 6.91. The van der Waals surface area contributed by atoms with E-state index in [4.69, 9.17) is 4.74 Å². The Hall–Kier alpha value is -1.35. The number of benzene rings is 1. The van der Waals surface area contributed by atoms with Crippen molar-refractivity contribution in [2.45, 2.75) is 19.4 Å². The molecule has 1 atom stereocenters. The second-order valence-corrected chi connectivity index (χ2v) is 3.67. The maximum absolute atomic E-state index is 13.6. The number of hydrogen-bond donors (Lipinski definition) is 1. The van der Waals surface area contributed by atoms with Gasteiger partial charge < -0.3 is 9.84 Å². The summed E-state index contributed by atoms with van der Waals surface area (Å²) in [6.45, 7) is 6.79. The Balaban J connectivity index is 3.41. The second kappa shape index (κ2) is 4.03. The average Bonchev–Trinajstić information content (AvgIpc) is 2.16. The van der Waals surface area contributed by atoms with E-state index in [0.29, 0.717) is 11.3 Å². The van der Waals surface area contributed by atoms with Crippen LogP contribution in [-0.4, -0.2) is 12.2 Å². The minimum atomic E-state index is -1.42. The highest BCUT2D eigenvalue weighted by atomic mass is 19.1. The predicted octanol–water partition coefficient (Wildman–Crippen LogP) is 2.62. The van der Waals surface area contributed by atoms with E-state index in [2.05, 4.69) is 6.58 Å². The van der Waals surface area contributed by atoms with Crippen LogP contribution in [0.15, 0.2) is 30.4 Å². The number of methoxy groups -OCH3 is 1. The molecule has 0 aliphatic heterocycles. The summed E-state index contributed by atoms with van der Waals surface area (Å²) >= 11 is 0. The van der Waals surface area contributed by atoms with Crippen molar-refractivity contribution in [2.24, 2.45) is 0 Å². The monoisotopic (exact) mass is 210 g/mol. The molecule has 1 N–H and O–H groups in total. The summed E-state index contributed by atoms with van der Waals surface area (Å²) in [5.41, 5.74) is -0.831. The Labute approximate surface area is 89.0 Å². The smallest absolute Gasteiger partial charge is 0.133 e. The third-order valence-electron chi connectivity index (χ3n) is 2.51. The lowest BCUT2D eigenvalue weighted by Gasteiger charge is -2.26. The average molecular weight is 210 g/mol. The van der Waals surface area contributed by atoms with E-state index in [1.54, 1.807) is 13.0 Å². The zero-order valence-electron chi connectivity index (χ0n) is 9.17. The molecular weight excluding hydrogens is 195 g/mol.